The van der Waals surface area contributed by atoms with Crippen LogP contribution in [0.15, 0.2) is 315 Å². The Morgan fingerprint density at radius 1 is 0.239 bits per heavy atom. The molecule has 6 heteroatoms. The molecule has 0 atom stereocenters. The summed E-state index contributed by atoms with van der Waals surface area (Å²) in [6.45, 7) is 0. The van der Waals surface area contributed by atoms with Crippen LogP contribution in [0.25, 0.3) is 156 Å². The van der Waals surface area contributed by atoms with Gasteiger partial charge in [-0.1, -0.05) is 243 Å². The minimum absolute atomic E-state index is 0.506. The highest BCUT2D eigenvalue weighted by molar-refractivity contribution is 6.14. The maximum atomic E-state index is 10.7. The lowest BCUT2D eigenvalue weighted by Gasteiger charge is -2.22. The first-order valence-corrected chi connectivity index (χ1v) is 29.6. The smallest absolute Gasteiger partial charge is 0.166 e. The standard InChI is InChI=1S/C82H52N6/c83-53-65-34-19-20-35-66(65)64-42-47-73(87-74-43-38-60(54-22-7-1-8-23-54)48-69(74)70-49-61(39-44-75(70)87)55-24-9-2-10-25-55)68(52-64)67-36-21-37-78(79(67)82-85-80(58-30-15-5-16-31-58)84-81(86-82)59-32-17-6-18-33-59)88-76-45-40-62(56-26-11-3-12-27-56)50-71(76)72-51-63(41-46-77(72)88)57-28-13-4-14-29-57/h1-52H. The molecule has 0 saturated heterocycles. The Balaban J connectivity index is 1.04. The van der Waals surface area contributed by atoms with Crippen molar-refractivity contribution in [2.45, 2.75) is 0 Å². The monoisotopic (exact) mass is 1120 g/mol. The number of hydrogen-bond donors (Lipinski definition) is 0. The molecule has 0 aliphatic rings. The molecule has 13 aromatic carbocycles. The van der Waals surface area contributed by atoms with Crippen molar-refractivity contribution in [1.82, 2.24) is 24.1 Å². The average Bonchev–Trinajstić information content (AvgIpc) is 1.63. The summed E-state index contributed by atoms with van der Waals surface area (Å²) in [4.78, 5) is 16.5. The molecule has 0 spiro atoms. The summed E-state index contributed by atoms with van der Waals surface area (Å²) in [7, 11) is 0. The zero-order valence-electron chi connectivity index (χ0n) is 47.7. The molecule has 16 aromatic rings. The summed E-state index contributed by atoms with van der Waals surface area (Å²) in [5.41, 5.74) is 21.7. The number of benzene rings is 13. The largest absolute Gasteiger partial charge is 0.309 e. The van der Waals surface area contributed by atoms with Crippen LogP contribution < -0.4 is 0 Å². The molecule has 0 N–H and O–H groups in total. The number of rotatable bonds is 11. The molecule has 0 fully saturated rings. The number of fused-ring (bicyclic) bond motifs is 6. The molecule has 0 radical (unpaired) electrons. The molecular formula is C82H52N6. The van der Waals surface area contributed by atoms with Crippen LogP contribution >= 0.6 is 0 Å². The Hall–Kier alpha value is -12.0. The van der Waals surface area contributed by atoms with Crippen molar-refractivity contribution in [3.05, 3.63) is 321 Å². The molecule has 410 valence electrons. The normalized spacial score (nSPS) is 11.4. The third-order valence-electron chi connectivity index (χ3n) is 17.1. The molecule has 16 rings (SSSR count). The van der Waals surface area contributed by atoms with Gasteiger partial charge in [0.15, 0.2) is 17.5 Å². The molecule has 0 aliphatic heterocycles. The third kappa shape index (κ3) is 9.10. The van der Waals surface area contributed by atoms with Crippen molar-refractivity contribution in [2.24, 2.45) is 0 Å². The van der Waals surface area contributed by atoms with Gasteiger partial charge in [0, 0.05) is 38.2 Å². The van der Waals surface area contributed by atoms with Gasteiger partial charge >= 0.3 is 0 Å². The van der Waals surface area contributed by atoms with Gasteiger partial charge in [-0.3, -0.25) is 0 Å². The van der Waals surface area contributed by atoms with Crippen LogP contribution in [-0.4, -0.2) is 24.1 Å². The summed E-state index contributed by atoms with van der Waals surface area (Å²) < 4.78 is 4.83. The highest BCUT2D eigenvalue weighted by Crippen LogP contribution is 2.47. The van der Waals surface area contributed by atoms with Gasteiger partial charge in [0.25, 0.3) is 0 Å². The van der Waals surface area contributed by atoms with E-state index in [2.05, 4.69) is 270 Å². The predicted molar refractivity (Wildman–Crippen MR) is 362 cm³/mol. The van der Waals surface area contributed by atoms with Crippen LogP contribution in [0.3, 0.4) is 0 Å². The quantitative estimate of drug-likeness (QED) is 0.129. The fourth-order valence-corrected chi connectivity index (χ4v) is 12.9. The van der Waals surface area contributed by atoms with Crippen molar-refractivity contribution in [1.29, 1.82) is 5.26 Å². The number of aromatic nitrogens is 5. The van der Waals surface area contributed by atoms with Crippen molar-refractivity contribution in [2.75, 3.05) is 0 Å². The van der Waals surface area contributed by atoms with Gasteiger partial charge in [-0.2, -0.15) is 5.26 Å². The summed E-state index contributed by atoms with van der Waals surface area (Å²) in [6.07, 6.45) is 0. The van der Waals surface area contributed by atoms with E-state index in [1.165, 1.54) is 0 Å². The zero-order valence-corrected chi connectivity index (χ0v) is 47.7. The first-order chi connectivity index (χ1) is 43.6. The first-order valence-electron chi connectivity index (χ1n) is 29.6. The van der Waals surface area contributed by atoms with E-state index in [4.69, 9.17) is 15.0 Å². The van der Waals surface area contributed by atoms with Crippen LogP contribution in [0.5, 0.6) is 0 Å². The molecule has 3 aromatic heterocycles. The Kier molecular flexibility index (Phi) is 12.8. The first kappa shape index (κ1) is 51.6. The second-order valence-electron chi connectivity index (χ2n) is 22.2. The molecule has 0 bridgehead atoms. The van der Waals surface area contributed by atoms with Crippen molar-refractivity contribution in [3.8, 4) is 118 Å². The van der Waals surface area contributed by atoms with Crippen molar-refractivity contribution in [3.63, 3.8) is 0 Å². The van der Waals surface area contributed by atoms with E-state index in [-0.39, 0.29) is 0 Å². The predicted octanol–water partition coefficient (Wildman–Crippen LogP) is 20.9. The lowest BCUT2D eigenvalue weighted by atomic mass is 9.91. The maximum absolute atomic E-state index is 10.7. The van der Waals surface area contributed by atoms with Crippen LogP contribution in [0.4, 0.5) is 0 Å². The van der Waals surface area contributed by atoms with Crippen LogP contribution in [-0.2, 0) is 0 Å². The fourth-order valence-electron chi connectivity index (χ4n) is 12.9. The summed E-state index contributed by atoms with van der Waals surface area (Å²) in [5.74, 6) is 1.61. The van der Waals surface area contributed by atoms with Gasteiger partial charge < -0.3 is 9.13 Å². The van der Waals surface area contributed by atoms with E-state index in [9.17, 15) is 5.26 Å². The van der Waals surface area contributed by atoms with E-state index in [1.807, 2.05) is 60.7 Å². The van der Waals surface area contributed by atoms with E-state index < -0.39 is 0 Å². The molecule has 0 amide bonds. The summed E-state index contributed by atoms with van der Waals surface area (Å²) in [5, 5.41) is 15.2. The summed E-state index contributed by atoms with van der Waals surface area (Å²) >= 11 is 0. The number of nitrogens with zero attached hydrogens (tertiary/aromatic N) is 6. The Morgan fingerprint density at radius 2 is 0.580 bits per heavy atom. The fraction of sp³-hybridized carbons (Fsp3) is 0. The summed E-state index contributed by atoms with van der Waals surface area (Å²) in [6, 6.07) is 114. The molecule has 88 heavy (non-hydrogen) atoms. The Labute approximate surface area is 509 Å². The van der Waals surface area contributed by atoms with Crippen molar-refractivity contribution >= 4 is 43.6 Å². The van der Waals surface area contributed by atoms with E-state index >= 15 is 0 Å². The Bertz CT molecular complexity index is 5110. The minimum atomic E-state index is 0.506. The molecule has 3 heterocycles. The van der Waals surface area contributed by atoms with E-state index in [0.717, 1.165) is 138 Å². The molecular weight excluding hydrogens is 1070 g/mol. The number of hydrogen-bond acceptors (Lipinski definition) is 4. The highest BCUT2D eigenvalue weighted by Gasteiger charge is 2.27. The van der Waals surface area contributed by atoms with Gasteiger partial charge in [-0.05, 0) is 134 Å². The van der Waals surface area contributed by atoms with Gasteiger partial charge in [0.2, 0.25) is 0 Å². The molecule has 0 saturated carbocycles. The van der Waals surface area contributed by atoms with Crippen LogP contribution in [0.2, 0.25) is 0 Å². The van der Waals surface area contributed by atoms with Gasteiger partial charge in [0.1, 0.15) is 0 Å². The third-order valence-corrected chi connectivity index (χ3v) is 17.1. The van der Waals surface area contributed by atoms with E-state index in [1.54, 1.807) is 0 Å². The van der Waals surface area contributed by atoms with E-state index in [0.29, 0.717) is 23.0 Å². The highest BCUT2D eigenvalue weighted by atomic mass is 15.1. The zero-order chi connectivity index (χ0) is 58.5. The second-order valence-corrected chi connectivity index (χ2v) is 22.2. The second kappa shape index (κ2) is 21.9. The minimum Gasteiger partial charge on any atom is -0.309 e. The van der Waals surface area contributed by atoms with Crippen molar-refractivity contribution < 1.29 is 0 Å². The Morgan fingerprint density at radius 3 is 0.989 bits per heavy atom. The van der Waals surface area contributed by atoms with Gasteiger partial charge in [-0.15, -0.1) is 0 Å². The molecule has 0 unspecified atom stereocenters. The molecule has 6 nitrogen and oxygen atoms in total. The van der Waals surface area contributed by atoms with Crippen LogP contribution in [0.1, 0.15) is 5.56 Å². The topological polar surface area (TPSA) is 72.3 Å². The van der Waals surface area contributed by atoms with Gasteiger partial charge in [-0.25, -0.2) is 15.0 Å². The maximum Gasteiger partial charge on any atom is 0.166 e. The number of nitriles is 1. The lowest BCUT2D eigenvalue weighted by molar-refractivity contribution is 1.06. The SMILES string of the molecule is N#Cc1ccccc1-c1ccc(-n2c3ccc(-c4ccccc4)cc3c3cc(-c4ccccc4)ccc32)c(-c2cccc(-n3c4ccc(-c5ccccc5)cc4c4cc(-c5ccccc5)ccc43)c2-c2nc(-c3ccccc3)nc(-c3ccccc3)n2)c1. The average molecular weight is 1120 g/mol. The van der Waals surface area contributed by atoms with Gasteiger partial charge in [0.05, 0.1) is 50.6 Å². The van der Waals surface area contributed by atoms with Crippen LogP contribution in [0, 0.1) is 11.3 Å². The molecule has 0 aliphatic carbocycles. The lowest BCUT2D eigenvalue weighted by Crippen LogP contribution is -2.06.